The average molecular weight is 271 g/mol. The van der Waals surface area contributed by atoms with Gasteiger partial charge in [-0.3, -0.25) is 0 Å². The van der Waals surface area contributed by atoms with E-state index in [1.54, 1.807) is 5.56 Å². The molecule has 110 valence electrons. The first-order valence-corrected chi connectivity index (χ1v) is 8.51. The van der Waals surface area contributed by atoms with Crippen LogP contribution in [-0.4, -0.2) is 12.6 Å². The van der Waals surface area contributed by atoms with Crippen molar-refractivity contribution in [3.63, 3.8) is 0 Å². The molecular weight excluding hydrogens is 242 g/mol. The van der Waals surface area contributed by atoms with E-state index in [2.05, 4.69) is 37.4 Å². The maximum atomic E-state index is 3.76. The number of rotatable bonds is 5. The Morgan fingerprint density at radius 3 is 2.20 bits per heavy atom. The van der Waals surface area contributed by atoms with E-state index in [1.807, 2.05) is 0 Å². The maximum absolute atomic E-state index is 3.76. The SMILES string of the molecule is Cc1cc(C)cc(CC2CCCCC2CNC2CC2)c1. The molecule has 0 spiro atoms. The predicted octanol–water partition coefficient (Wildman–Crippen LogP) is 4.40. The molecule has 3 rings (SSSR count). The van der Waals surface area contributed by atoms with Crippen LogP contribution in [0, 0.1) is 25.7 Å². The van der Waals surface area contributed by atoms with Crippen LogP contribution in [-0.2, 0) is 6.42 Å². The molecule has 0 amide bonds. The summed E-state index contributed by atoms with van der Waals surface area (Å²) in [7, 11) is 0. The van der Waals surface area contributed by atoms with Crippen LogP contribution in [0.5, 0.6) is 0 Å². The molecule has 2 aliphatic rings. The molecule has 1 nitrogen and oxygen atoms in total. The fraction of sp³-hybridized carbons (Fsp3) is 0.684. The molecule has 0 radical (unpaired) electrons. The van der Waals surface area contributed by atoms with Gasteiger partial charge in [0.05, 0.1) is 0 Å². The minimum Gasteiger partial charge on any atom is -0.314 e. The van der Waals surface area contributed by atoms with E-state index in [1.165, 1.54) is 62.6 Å². The zero-order chi connectivity index (χ0) is 13.9. The number of hydrogen-bond acceptors (Lipinski definition) is 1. The molecular formula is C19H29N. The van der Waals surface area contributed by atoms with Crippen molar-refractivity contribution in [2.45, 2.75) is 64.8 Å². The highest BCUT2D eigenvalue weighted by molar-refractivity contribution is 5.28. The predicted molar refractivity (Wildman–Crippen MR) is 86.1 cm³/mol. The van der Waals surface area contributed by atoms with Gasteiger partial charge < -0.3 is 5.32 Å². The van der Waals surface area contributed by atoms with Crippen LogP contribution in [0.15, 0.2) is 18.2 Å². The molecule has 0 aromatic heterocycles. The second kappa shape index (κ2) is 6.30. The topological polar surface area (TPSA) is 12.0 Å². The second-order valence-corrected chi connectivity index (χ2v) is 7.19. The molecule has 2 fully saturated rings. The third kappa shape index (κ3) is 3.85. The van der Waals surface area contributed by atoms with Gasteiger partial charge in [0.25, 0.3) is 0 Å². The van der Waals surface area contributed by atoms with Gasteiger partial charge >= 0.3 is 0 Å². The van der Waals surface area contributed by atoms with Crippen LogP contribution in [0.2, 0.25) is 0 Å². The Kier molecular flexibility index (Phi) is 4.45. The molecule has 0 aliphatic heterocycles. The van der Waals surface area contributed by atoms with E-state index in [0.717, 1.165) is 17.9 Å². The molecule has 0 heterocycles. The van der Waals surface area contributed by atoms with Crippen LogP contribution >= 0.6 is 0 Å². The van der Waals surface area contributed by atoms with E-state index >= 15 is 0 Å². The summed E-state index contributed by atoms with van der Waals surface area (Å²) in [5.74, 6) is 1.81. The summed E-state index contributed by atoms with van der Waals surface area (Å²) in [5.41, 5.74) is 4.40. The van der Waals surface area contributed by atoms with E-state index in [0.29, 0.717) is 0 Å². The van der Waals surface area contributed by atoms with Crippen molar-refractivity contribution in [1.29, 1.82) is 0 Å². The Balaban J connectivity index is 1.62. The molecule has 0 saturated heterocycles. The Hall–Kier alpha value is -0.820. The number of nitrogens with one attached hydrogen (secondary N) is 1. The lowest BCUT2D eigenvalue weighted by atomic mass is 9.76. The lowest BCUT2D eigenvalue weighted by molar-refractivity contribution is 0.228. The summed E-state index contributed by atoms with van der Waals surface area (Å²) >= 11 is 0. The molecule has 1 heteroatoms. The molecule has 0 bridgehead atoms. The van der Waals surface area contributed by atoms with E-state index < -0.39 is 0 Å². The van der Waals surface area contributed by atoms with Crippen LogP contribution in [0.4, 0.5) is 0 Å². The van der Waals surface area contributed by atoms with Crippen LogP contribution < -0.4 is 5.32 Å². The van der Waals surface area contributed by atoms with Gasteiger partial charge in [-0.05, 0) is 69.9 Å². The molecule has 2 aliphatic carbocycles. The highest BCUT2D eigenvalue weighted by Crippen LogP contribution is 2.33. The van der Waals surface area contributed by atoms with Gasteiger partial charge in [-0.25, -0.2) is 0 Å². The van der Waals surface area contributed by atoms with Crippen molar-refractivity contribution in [3.8, 4) is 0 Å². The molecule has 20 heavy (non-hydrogen) atoms. The minimum atomic E-state index is 0.860. The zero-order valence-electron chi connectivity index (χ0n) is 13.1. The minimum absolute atomic E-state index is 0.860. The summed E-state index contributed by atoms with van der Waals surface area (Å²) in [4.78, 5) is 0. The van der Waals surface area contributed by atoms with Crippen molar-refractivity contribution in [3.05, 3.63) is 34.9 Å². The Morgan fingerprint density at radius 1 is 0.900 bits per heavy atom. The van der Waals surface area contributed by atoms with Crippen molar-refractivity contribution < 1.29 is 0 Å². The Labute approximate surface area is 124 Å². The molecule has 2 unspecified atom stereocenters. The summed E-state index contributed by atoms with van der Waals surface area (Å²) < 4.78 is 0. The van der Waals surface area contributed by atoms with Gasteiger partial charge in [0.2, 0.25) is 0 Å². The van der Waals surface area contributed by atoms with E-state index in [-0.39, 0.29) is 0 Å². The molecule has 2 saturated carbocycles. The first kappa shape index (κ1) is 14.1. The second-order valence-electron chi connectivity index (χ2n) is 7.19. The summed E-state index contributed by atoms with van der Waals surface area (Å²) in [6, 6.07) is 7.94. The average Bonchev–Trinajstić information content (AvgIpc) is 3.20. The molecule has 1 aromatic carbocycles. The first-order chi connectivity index (χ1) is 9.70. The summed E-state index contributed by atoms with van der Waals surface area (Å²) in [6.45, 7) is 5.72. The smallest absolute Gasteiger partial charge is 0.00683 e. The van der Waals surface area contributed by atoms with Crippen LogP contribution in [0.3, 0.4) is 0 Å². The van der Waals surface area contributed by atoms with E-state index in [9.17, 15) is 0 Å². The van der Waals surface area contributed by atoms with Gasteiger partial charge in [0, 0.05) is 6.04 Å². The van der Waals surface area contributed by atoms with Gasteiger partial charge in [-0.15, -0.1) is 0 Å². The van der Waals surface area contributed by atoms with Crippen LogP contribution in [0.25, 0.3) is 0 Å². The van der Waals surface area contributed by atoms with Crippen molar-refractivity contribution in [2.24, 2.45) is 11.8 Å². The lowest BCUT2D eigenvalue weighted by Gasteiger charge is -2.32. The zero-order valence-corrected chi connectivity index (χ0v) is 13.1. The monoisotopic (exact) mass is 271 g/mol. The van der Waals surface area contributed by atoms with Crippen molar-refractivity contribution >= 4 is 0 Å². The van der Waals surface area contributed by atoms with Gasteiger partial charge in [-0.1, -0.05) is 42.2 Å². The highest BCUT2D eigenvalue weighted by atomic mass is 14.9. The quantitative estimate of drug-likeness (QED) is 0.836. The maximum Gasteiger partial charge on any atom is 0.00683 e. The Morgan fingerprint density at radius 2 is 1.55 bits per heavy atom. The third-order valence-electron chi connectivity index (χ3n) is 5.09. The third-order valence-corrected chi connectivity index (χ3v) is 5.09. The molecule has 2 atom stereocenters. The summed E-state index contributed by atoms with van der Waals surface area (Å²) in [5, 5.41) is 3.76. The number of hydrogen-bond donors (Lipinski definition) is 1. The Bertz CT molecular complexity index is 427. The number of benzene rings is 1. The standard InChI is InChI=1S/C19H29N/c1-14-9-15(2)11-16(10-14)12-17-5-3-4-6-18(17)13-20-19-7-8-19/h9-11,17-20H,3-8,12-13H2,1-2H3. The number of aryl methyl sites for hydroxylation is 2. The first-order valence-electron chi connectivity index (χ1n) is 8.51. The largest absolute Gasteiger partial charge is 0.314 e. The van der Waals surface area contributed by atoms with Crippen molar-refractivity contribution in [2.75, 3.05) is 6.54 Å². The molecule has 1 aromatic rings. The highest BCUT2D eigenvalue weighted by Gasteiger charge is 2.28. The molecule has 1 N–H and O–H groups in total. The van der Waals surface area contributed by atoms with Crippen molar-refractivity contribution in [1.82, 2.24) is 5.32 Å². The normalized spacial score (nSPS) is 26.7. The fourth-order valence-corrected chi connectivity index (χ4v) is 3.92. The van der Waals surface area contributed by atoms with Gasteiger partial charge in [0.15, 0.2) is 0 Å². The van der Waals surface area contributed by atoms with Crippen LogP contribution in [0.1, 0.15) is 55.2 Å². The lowest BCUT2D eigenvalue weighted by Crippen LogP contribution is -2.32. The summed E-state index contributed by atoms with van der Waals surface area (Å²) in [6.07, 6.45) is 9.87. The van der Waals surface area contributed by atoms with E-state index in [4.69, 9.17) is 0 Å². The van der Waals surface area contributed by atoms with Gasteiger partial charge in [-0.2, -0.15) is 0 Å². The fourth-order valence-electron chi connectivity index (χ4n) is 3.92. The van der Waals surface area contributed by atoms with Gasteiger partial charge in [0.1, 0.15) is 0 Å².